The summed E-state index contributed by atoms with van der Waals surface area (Å²) in [6, 6.07) is 11.2. The van der Waals surface area contributed by atoms with E-state index < -0.39 is 29.1 Å². The monoisotopic (exact) mass is 510 g/mol. The third kappa shape index (κ3) is 5.97. The van der Waals surface area contributed by atoms with Crippen molar-refractivity contribution in [3.05, 3.63) is 71.4 Å². The second kappa shape index (κ2) is 11.4. The lowest BCUT2D eigenvalue weighted by atomic mass is 9.90. The maximum Gasteiger partial charge on any atom is 0.352 e. The molecule has 2 atom stereocenters. The lowest BCUT2D eigenvalue weighted by molar-refractivity contribution is -0.154. The molecule has 10 nitrogen and oxygen atoms in total. The van der Waals surface area contributed by atoms with Crippen LogP contribution in [0.25, 0.3) is 0 Å². The van der Waals surface area contributed by atoms with E-state index in [1.54, 1.807) is 12.4 Å². The minimum absolute atomic E-state index is 0.0140. The number of aliphatic carboxylic acids is 1. The quantitative estimate of drug-likeness (QED) is 0.353. The van der Waals surface area contributed by atoms with Crippen LogP contribution >= 0.6 is 11.8 Å². The maximum absolute atomic E-state index is 13.1. The van der Waals surface area contributed by atoms with Crippen LogP contribution in [0.4, 0.5) is 0 Å². The number of rotatable bonds is 11. The Balaban J connectivity index is 1.42. The number of aromatic nitrogens is 2. The van der Waals surface area contributed by atoms with Gasteiger partial charge in [0.2, 0.25) is 5.91 Å². The van der Waals surface area contributed by atoms with Gasteiger partial charge in [0.25, 0.3) is 0 Å². The van der Waals surface area contributed by atoms with Crippen molar-refractivity contribution in [3.8, 4) is 0 Å². The van der Waals surface area contributed by atoms with Gasteiger partial charge in [-0.15, -0.1) is 11.8 Å². The molecule has 1 saturated heterocycles. The van der Waals surface area contributed by atoms with Crippen LogP contribution in [-0.4, -0.2) is 72.8 Å². The van der Waals surface area contributed by atoms with E-state index in [1.807, 2.05) is 41.3 Å². The van der Waals surface area contributed by atoms with E-state index in [4.69, 9.17) is 4.74 Å². The molecule has 188 valence electrons. The Kier molecular flexibility index (Phi) is 8.11. The van der Waals surface area contributed by atoms with Gasteiger partial charge in [-0.1, -0.05) is 12.1 Å². The third-order valence-electron chi connectivity index (χ3n) is 5.88. The predicted octanol–water partition coefficient (Wildman–Crippen LogP) is 1.87. The molecule has 4 heterocycles. The van der Waals surface area contributed by atoms with E-state index in [0.29, 0.717) is 24.4 Å². The first-order chi connectivity index (χ1) is 17.3. The molecule has 0 saturated carbocycles. The van der Waals surface area contributed by atoms with Crippen LogP contribution in [0.5, 0.6) is 0 Å². The van der Waals surface area contributed by atoms with Gasteiger partial charge in [-0.3, -0.25) is 34.2 Å². The number of Topliss-reactive ketones (excluding diaryl/α,β-unsaturated/α-hetero) is 1. The highest BCUT2D eigenvalue weighted by molar-refractivity contribution is 8.00. The number of carbonyl (C=O) groups excluding carboxylic acids is 3. The van der Waals surface area contributed by atoms with E-state index in [1.165, 1.54) is 23.6 Å². The van der Waals surface area contributed by atoms with E-state index in [0.717, 1.165) is 11.4 Å². The van der Waals surface area contributed by atoms with Crippen LogP contribution in [0.3, 0.4) is 0 Å². The van der Waals surface area contributed by atoms with Crippen molar-refractivity contribution in [2.75, 3.05) is 18.9 Å². The molecule has 2 aliphatic heterocycles. The molecule has 1 fully saturated rings. The Morgan fingerprint density at radius 3 is 2.28 bits per heavy atom. The van der Waals surface area contributed by atoms with E-state index >= 15 is 0 Å². The molecule has 0 aliphatic carbocycles. The summed E-state index contributed by atoms with van der Waals surface area (Å²) in [5, 5.41) is 9.26. The normalized spacial score (nSPS) is 19.1. The number of ketones is 1. The number of carboxylic acid groups (broad SMARTS) is 1. The second-order valence-electron chi connectivity index (χ2n) is 8.58. The van der Waals surface area contributed by atoms with Gasteiger partial charge in [0, 0.05) is 50.2 Å². The Morgan fingerprint density at radius 2 is 1.75 bits per heavy atom. The van der Waals surface area contributed by atoms with Gasteiger partial charge in [-0.2, -0.15) is 0 Å². The van der Waals surface area contributed by atoms with Crippen LogP contribution in [0.1, 0.15) is 24.7 Å². The molecule has 1 N–H and O–H groups in total. The number of ether oxygens (including phenoxy) is 1. The minimum atomic E-state index is -1.25. The van der Waals surface area contributed by atoms with Crippen LogP contribution in [-0.2, 0) is 37.0 Å². The van der Waals surface area contributed by atoms with Crippen LogP contribution in [0.2, 0.25) is 0 Å². The number of thioether (sulfide) groups is 1. The molecule has 0 bridgehead atoms. The number of amides is 1. The molecule has 36 heavy (non-hydrogen) atoms. The Hall–Kier alpha value is -3.57. The fraction of sp³-hybridized carbons (Fsp3) is 0.360. The van der Waals surface area contributed by atoms with Crippen molar-refractivity contribution in [2.24, 2.45) is 5.92 Å². The summed E-state index contributed by atoms with van der Waals surface area (Å²) in [5.74, 6) is -2.60. The Morgan fingerprint density at radius 1 is 1.11 bits per heavy atom. The zero-order valence-electron chi connectivity index (χ0n) is 19.7. The number of pyridine rings is 2. The van der Waals surface area contributed by atoms with Gasteiger partial charge in [-0.25, -0.2) is 4.79 Å². The number of carboxylic acids is 1. The molecule has 2 aromatic rings. The average Bonchev–Trinajstić information content (AvgIpc) is 2.86. The second-order valence-corrected chi connectivity index (χ2v) is 9.69. The molecule has 2 aliphatic rings. The average molecular weight is 511 g/mol. The summed E-state index contributed by atoms with van der Waals surface area (Å²) < 4.78 is 4.96. The van der Waals surface area contributed by atoms with Gasteiger partial charge in [0.05, 0.1) is 29.2 Å². The number of hydrogen-bond donors (Lipinski definition) is 1. The molecule has 0 aromatic carbocycles. The lowest BCUT2D eigenvalue weighted by Crippen LogP contribution is -2.62. The van der Waals surface area contributed by atoms with Crippen molar-refractivity contribution in [1.29, 1.82) is 0 Å². The number of esters is 1. The number of carbonyl (C=O) groups is 4. The molecular weight excluding hydrogens is 484 g/mol. The van der Waals surface area contributed by atoms with Crippen molar-refractivity contribution in [2.45, 2.75) is 31.8 Å². The summed E-state index contributed by atoms with van der Waals surface area (Å²) in [6.07, 6.45) is 3.41. The van der Waals surface area contributed by atoms with E-state index in [2.05, 4.69) is 9.97 Å². The fourth-order valence-corrected chi connectivity index (χ4v) is 5.68. The van der Waals surface area contributed by atoms with Crippen molar-refractivity contribution in [3.63, 3.8) is 0 Å². The summed E-state index contributed by atoms with van der Waals surface area (Å²) in [4.78, 5) is 60.9. The van der Waals surface area contributed by atoms with Crippen molar-refractivity contribution >= 4 is 35.4 Å². The van der Waals surface area contributed by atoms with Crippen LogP contribution in [0, 0.1) is 5.92 Å². The summed E-state index contributed by atoms with van der Waals surface area (Å²) >= 11 is 1.38. The first kappa shape index (κ1) is 25.5. The van der Waals surface area contributed by atoms with Gasteiger partial charge >= 0.3 is 11.9 Å². The number of hydrogen-bond acceptors (Lipinski definition) is 9. The van der Waals surface area contributed by atoms with Crippen LogP contribution < -0.4 is 0 Å². The smallest absolute Gasteiger partial charge is 0.352 e. The molecule has 1 amide bonds. The highest BCUT2D eigenvalue weighted by Crippen LogP contribution is 2.45. The number of fused-ring (bicyclic) bond motifs is 1. The van der Waals surface area contributed by atoms with E-state index in [9.17, 15) is 24.3 Å². The zero-order valence-corrected chi connectivity index (χ0v) is 20.5. The summed E-state index contributed by atoms with van der Waals surface area (Å²) in [7, 11) is 0. The van der Waals surface area contributed by atoms with Gasteiger partial charge in [0.1, 0.15) is 18.1 Å². The third-order valence-corrected chi connectivity index (χ3v) is 7.28. The topological polar surface area (TPSA) is 130 Å². The predicted molar refractivity (Wildman–Crippen MR) is 130 cm³/mol. The first-order valence-electron chi connectivity index (χ1n) is 11.4. The SMILES string of the molecule is CC(=O)OCC1=C(C(=O)O)N2C(=O)[C@@H](CC(=O)CN(Cc3ccccn3)Cc3ccccn3)C2SC1. The van der Waals surface area contributed by atoms with Crippen molar-refractivity contribution in [1.82, 2.24) is 19.8 Å². The Labute approximate surface area is 212 Å². The van der Waals surface area contributed by atoms with Gasteiger partial charge < -0.3 is 9.84 Å². The van der Waals surface area contributed by atoms with E-state index in [-0.39, 0.29) is 31.1 Å². The lowest BCUT2D eigenvalue weighted by Gasteiger charge is -2.49. The summed E-state index contributed by atoms with van der Waals surface area (Å²) in [5.41, 5.74) is 1.84. The largest absolute Gasteiger partial charge is 0.477 e. The molecule has 2 aromatic heterocycles. The maximum atomic E-state index is 13.1. The minimum Gasteiger partial charge on any atom is -0.477 e. The molecular formula is C25H26N4O6S. The molecule has 1 unspecified atom stereocenters. The molecule has 0 spiro atoms. The molecule has 4 rings (SSSR count). The van der Waals surface area contributed by atoms with Crippen molar-refractivity contribution < 1.29 is 29.0 Å². The number of nitrogens with zero attached hydrogens (tertiary/aromatic N) is 4. The Bertz CT molecular complexity index is 1130. The molecule has 11 heteroatoms. The van der Waals surface area contributed by atoms with Crippen LogP contribution in [0.15, 0.2) is 60.1 Å². The van der Waals surface area contributed by atoms with Gasteiger partial charge in [-0.05, 0) is 24.3 Å². The highest BCUT2D eigenvalue weighted by atomic mass is 32.2. The fourth-order valence-electron chi connectivity index (χ4n) is 4.29. The van der Waals surface area contributed by atoms with Gasteiger partial charge in [0.15, 0.2) is 0 Å². The number of β-lactam (4-membered cyclic amide) rings is 1. The zero-order chi connectivity index (χ0) is 25.7. The first-order valence-corrected chi connectivity index (χ1v) is 12.5. The summed E-state index contributed by atoms with van der Waals surface area (Å²) in [6.45, 7) is 2.05. The standard InChI is InChI=1S/C25H26N4O6S/c1-16(30)35-14-17-15-36-24-21(23(32)29(24)22(17)25(33)34)10-20(31)13-28(11-18-6-2-4-8-26-18)12-19-7-3-5-9-27-19/h2-9,21,24H,10-15H2,1H3,(H,33,34)/t21-,24?/m1/s1. The molecule has 0 radical (unpaired) electrons. The highest BCUT2D eigenvalue weighted by Gasteiger charge is 2.53.